The number of benzene rings is 2. The predicted molar refractivity (Wildman–Crippen MR) is 132 cm³/mol. The largest absolute Gasteiger partial charge is 0.497 e. The van der Waals surface area contributed by atoms with Crippen LogP contribution in [0.2, 0.25) is 0 Å². The molecule has 0 aliphatic carbocycles. The smallest absolute Gasteiger partial charge is 0.254 e. The van der Waals surface area contributed by atoms with E-state index in [1.54, 1.807) is 31.3 Å². The van der Waals surface area contributed by atoms with Gasteiger partial charge in [0.05, 0.1) is 7.11 Å². The van der Waals surface area contributed by atoms with Gasteiger partial charge in [-0.05, 0) is 60.9 Å². The molecular weight excluding hydrogens is 446 g/mol. The molecule has 0 atom stereocenters. The van der Waals surface area contributed by atoms with E-state index in [-0.39, 0.29) is 5.91 Å². The number of carbonyl (C=O) groups excluding carboxylic acids is 1. The molecule has 172 valence electrons. The molecule has 1 fully saturated rings. The first-order chi connectivity index (χ1) is 16.7. The van der Waals surface area contributed by atoms with Crippen LogP contribution in [0.25, 0.3) is 17.1 Å². The van der Waals surface area contributed by atoms with Gasteiger partial charge in [0, 0.05) is 48.1 Å². The van der Waals surface area contributed by atoms with E-state index in [2.05, 4.69) is 15.2 Å². The Bertz CT molecular complexity index is 1270. The lowest BCUT2D eigenvalue weighted by Gasteiger charge is -2.17. The topological polar surface area (TPSA) is 73.1 Å². The van der Waals surface area contributed by atoms with Crippen molar-refractivity contribution in [3.63, 3.8) is 0 Å². The van der Waals surface area contributed by atoms with E-state index >= 15 is 0 Å². The minimum atomic E-state index is 0.112. The minimum absolute atomic E-state index is 0.112. The van der Waals surface area contributed by atoms with E-state index in [1.165, 1.54) is 0 Å². The Kier molecular flexibility index (Phi) is 6.58. The fourth-order valence-corrected chi connectivity index (χ4v) is 5.05. The van der Waals surface area contributed by atoms with Gasteiger partial charge in [0.1, 0.15) is 5.75 Å². The maximum Gasteiger partial charge on any atom is 0.254 e. The summed E-state index contributed by atoms with van der Waals surface area (Å²) >= 11 is 1.56. The van der Waals surface area contributed by atoms with Crippen LogP contribution in [-0.4, -0.2) is 50.8 Å². The molecule has 0 bridgehead atoms. The molecule has 0 saturated carbocycles. The number of hydrogen-bond acceptors (Lipinski definition) is 6. The first-order valence-electron chi connectivity index (χ1n) is 11.2. The number of carbonyl (C=O) groups is 1. The first-order valence-corrected chi connectivity index (χ1v) is 12.2. The van der Waals surface area contributed by atoms with Crippen LogP contribution in [0.4, 0.5) is 0 Å². The van der Waals surface area contributed by atoms with Crippen LogP contribution in [0.15, 0.2) is 78.2 Å². The Morgan fingerprint density at radius 2 is 1.79 bits per heavy atom. The molecule has 0 spiro atoms. The number of nitrogens with zero attached hydrogens (tertiary/aromatic N) is 5. The van der Waals surface area contributed by atoms with Crippen LogP contribution in [0.5, 0.6) is 5.75 Å². The molecule has 2 aromatic carbocycles. The van der Waals surface area contributed by atoms with E-state index < -0.39 is 0 Å². The quantitative estimate of drug-likeness (QED) is 0.358. The highest BCUT2D eigenvalue weighted by Gasteiger charge is 2.22. The van der Waals surface area contributed by atoms with Gasteiger partial charge >= 0.3 is 0 Å². The van der Waals surface area contributed by atoms with Crippen LogP contribution in [-0.2, 0) is 5.75 Å². The molecule has 5 rings (SSSR count). The standard InChI is InChI=1S/C26H25N5O2S/c1-33-22-12-10-21(11-13-22)31-24(19-8-6-14-27-17-19)28-29-26(31)34-18-20-7-2-3-9-23(20)25(32)30-15-4-5-16-30/h2-3,6-14,17H,4-5,15-16,18H2,1H3. The Balaban J connectivity index is 1.47. The molecule has 2 aromatic heterocycles. The summed E-state index contributed by atoms with van der Waals surface area (Å²) in [7, 11) is 1.65. The Morgan fingerprint density at radius 3 is 2.53 bits per heavy atom. The van der Waals surface area contributed by atoms with Crippen LogP contribution < -0.4 is 4.74 Å². The van der Waals surface area contributed by atoms with Gasteiger partial charge in [0.25, 0.3) is 5.91 Å². The van der Waals surface area contributed by atoms with Gasteiger partial charge in [-0.1, -0.05) is 30.0 Å². The summed E-state index contributed by atoms with van der Waals surface area (Å²) in [6.07, 6.45) is 5.67. The summed E-state index contributed by atoms with van der Waals surface area (Å²) in [6, 6.07) is 19.5. The van der Waals surface area contributed by atoms with Crippen molar-refractivity contribution in [3.8, 4) is 22.8 Å². The summed E-state index contributed by atoms with van der Waals surface area (Å²) in [5.41, 5.74) is 3.56. The number of methoxy groups -OCH3 is 1. The molecule has 8 heteroatoms. The molecule has 0 unspecified atom stereocenters. The van der Waals surface area contributed by atoms with Gasteiger partial charge in [-0.3, -0.25) is 14.3 Å². The number of hydrogen-bond donors (Lipinski definition) is 0. The summed E-state index contributed by atoms with van der Waals surface area (Å²) in [5, 5.41) is 9.73. The Hall–Kier alpha value is -3.65. The number of rotatable bonds is 7. The average Bonchev–Trinajstić information content (AvgIpc) is 3.58. The third-order valence-corrected chi connectivity index (χ3v) is 6.86. The fraction of sp³-hybridized carbons (Fsp3) is 0.231. The van der Waals surface area contributed by atoms with Crippen molar-refractivity contribution in [1.29, 1.82) is 0 Å². The van der Waals surface area contributed by atoms with Gasteiger partial charge < -0.3 is 9.64 Å². The number of amides is 1. The minimum Gasteiger partial charge on any atom is -0.497 e. The summed E-state index contributed by atoms with van der Waals surface area (Å²) in [6.45, 7) is 1.67. The molecule has 4 aromatic rings. The van der Waals surface area contributed by atoms with Crippen molar-refractivity contribution in [1.82, 2.24) is 24.6 Å². The predicted octanol–water partition coefficient (Wildman–Crippen LogP) is 4.87. The second-order valence-corrected chi connectivity index (χ2v) is 8.97. The number of aromatic nitrogens is 4. The van der Waals surface area contributed by atoms with Gasteiger partial charge in [-0.25, -0.2) is 0 Å². The molecule has 3 heterocycles. The van der Waals surface area contributed by atoms with Gasteiger partial charge in [-0.15, -0.1) is 10.2 Å². The van der Waals surface area contributed by atoms with Crippen molar-refractivity contribution in [2.24, 2.45) is 0 Å². The Morgan fingerprint density at radius 1 is 1.00 bits per heavy atom. The molecule has 1 amide bonds. The molecule has 1 saturated heterocycles. The highest BCUT2D eigenvalue weighted by atomic mass is 32.2. The number of pyridine rings is 1. The first kappa shape index (κ1) is 22.2. The molecule has 0 radical (unpaired) electrons. The van der Waals surface area contributed by atoms with E-state index in [0.717, 1.165) is 59.2 Å². The van der Waals surface area contributed by atoms with Gasteiger partial charge in [0.15, 0.2) is 11.0 Å². The number of likely N-dealkylation sites (tertiary alicyclic amines) is 1. The molecule has 0 N–H and O–H groups in total. The van der Waals surface area contributed by atoms with Crippen LogP contribution in [0, 0.1) is 0 Å². The van der Waals surface area contributed by atoms with Crippen molar-refractivity contribution in [3.05, 3.63) is 84.2 Å². The third kappa shape index (κ3) is 4.54. The zero-order valence-corrected chi connectivity index (χ0v) is 19.7. The molecule has 7 nitrogen and oxygen atoms in total. The van der Waals surface area contributed by atoms with Crippen molar-refractivity contribution in [2.45, 2.75) is 23.8 Å². The lowest BCUT2D eigenvalue weighted by molar-refractivity contribution is 0.0792. The normalized spacial score (nSPS) is 13.3. The SMILES string of the molecule is COc1ccc(-n2c(SCc3ccccc3C(=O)N3CCCC3)nnc2-c2cccnc2)cc1. The summed E-state index contributed by atoms with van der Waals surface area (Å²) in [5.74, 6) is 2.21. The Labute approximate surface area is 202 Å². The van der Waals surface area contributed by atoms with Crippen molar-refractivity contribution >= 4 is 17.7 Å². The third-order valence-electron chi connectivity index (χ3n) is 5.88. The maximum atomic E-state index is 13.1. The zero-order chi connectivity index (χ0) is 23.3. The lowest BCUT2D eigenvalue weighted by atomic mass is 10.1. The second kappa shape index (κ2) is 10.1. The molecular formula is C26H25N5O2S. The maximum absolute atomic E-state index is 13.1. The van der Waals surface area contributed by atoms with Crippen LogP contribution >= 0.6 is 11.8 Å². The van der Waals surface area contributed by atoms with Gasteiger partial charge in [-0.2, -0.15) is 0 Å². The van der Waals surface area contributed by atoms with Crippen LogP contribution in [0.3, 0.4) is 0 Å². The lowest BCUT2D eigenvalue weighted by Crippen LogP contribution is -2.28. The highest BCUT2D eigenvalue weighted by Crippen LogP contribution is 2.31. The highest BCUT2D eigenvalue weighted by molar-refractivity contribution is 7.98. The van der Waals surface area contributed by atoms with E-state index in [4.69, 9.17) is 4.74 Å². The van der Waals surface area contributed by atoms with Crippen molar-refractivity contribution < 1.29 is 9.53 Å². The number of ether oxygens (including phenoxy) is 1. The fourth-order valence-electron chi connectivity index (χ4n) is 4.10. The monoisotopic (exact) mass is 471 g/mol. The molecule has 34 heavy (non-hydrogen) atoms. The van der Waals surface area contributed by atoms with Gasteiger partial charge in [0.2, 0.25) is 0 Å². The van der Waals surface area contributed by atoms with E-state index in [0.29, 0.717) is 11.6 Å². The van der Waals surface area contributed by atoms with E-state index in [1.807, 2.05) is 70.1 Å². The second-order valence-electron chi connectivity index (χ2n) is 8.03. The van der Waals surface area contributed by atoms with Crippen LogP contribution in [0.1, 0.15) is 28.8 Å². The van der Waals surface area contributed by atoms with Crippen molar-refractivity contribution in [2.75, 3.05) is 20.2 Å². The average molecular weight is 472 g/mol. The summed E-state index contributed by atoms with van der Waals surface area (Å²) < 4.78 is 7.34. The summed E-state index contributed by atoms with van der Waals surface area (Å²) in [4.78, 5) is 19.3. The number of thioether (sulfide) groups is 1. The van der Waals surface area contributed by atoms with E-state index in [9.17, 15) is 4.79 Å². The molecule has 1 aliphatic heterocycles. The zero-order valence-electron chi connectivity index (χ0n) is 18.9. The molecule has 1 aliphatic rings.